The zero-order chi connectivity index (χ0) is 22.3. The number of aryl methyl sites for hydroxylation is 1. The number of carbonyl (C=O) groups excluding carboxylic acids is 2. The molecule has 0 unspecified atom stereocenters. The van der Waals surface area contributed by atoms with Crippen molar-refractivity contribution < 1.29 is 18.0 Å². The Bertz CT molecular complexity index is 1050. The maximum atomic E-state index is 12.4. The van der Waals surface area contributed by atoms with Gasteiger partial charge in [0.05, 0.1) is 17.7 Å². The van der Waals surface area contributed by atoms with E-state index < -0.39 is 15.9 Å². The highest BCUT2D eigenvalue weighted by Crippen LogP contribution is 2.23. The van der Waals surface area contributed by atoms with Gasteiger partial charge in [-0.25, -0.2) is 13.8 Å². The van der Waals surface area contributed by atoms with Crippen LogP contribution in [0.5, 0.6) is 0 Å². The molecular formula is C21H26N4O4S. The molecule has 0 aliphatic rings. The summed E-state index contributed by atoms with van der Waals surface area (Å²) >= 11 is 0. The van der Waals surface area contributed by atoms with Crippen LogP contribution in [0.3, 0.4) is 0 Å². The molecule has 0 heterocycles. The molecule has 2 rings (SSSR count). The quantitative estimate of drug-likeness (QED) is 0.495. The van der Waals surface area contributed by atoms with E-state index in [0.29, 0.717) is 23.5 Å². The van der Waals surface area contributed by atoms with Crippen molar-refractivity contribution in [3.8, 4) is 0 Å². The normalized spacial score (nSPS) is 11.7. The minimum atomic E-state index is -3.66. The minimum Gasteiger partial charge on any atom is -0.326 e. The summed E-state index contributed by atoms with van der Waals surface area (Å²) in [6.07, 6.45) is 1.70. The number of amides is 2. The largest absolute Gasteiger partial charge is 0.326 e. The lowest BCUT2D eigenvalue weighted by molar-refractivity contribution is -0.119. The molecule has 0 saturated carbocycles. The third kappa shape index (κ3) is 6.41. The summed E-state index contributed by atoms with van der Waals surface area (Å²) in [6, 6.07) is 14.0. The van der Waals surface area contributed by atoms with Crippen LogP contribution in [0.25, 0.3) is 0 Å². The Hall–Kier alpha value is -3.20. The fraction of sp³-hybridized carbons (Fsp3) is 0.286. The van der Waals surface area contributed by atoms with E-state index in [4.69, 9.17) is 0 Å². The summed E-state index contributed by atoms with van der Waals surface area (Å²) in [6.45, 7) is 4.68. The monoisotopic (exact) mass is 430 g/mol. The lowest BCUT2D eigenvalue weighted by Crippen LogP contribution is -2.39. The molecule has 2 N–H and O–H groups in total. The molecule has 0 bridgehead atoms. The minimum absolute atomic E-state index is 0.166. The van der Waals surface area contributed by atoms with Crippen LogP contribution in [0.15, 0.2) is 53.6 Å². The third-order valence-electron chi connectivity index (χ3n) is 4.30. The van der Waals surface area contributed by atoms with E-state index in [2.05, 4.69) is 15.8 Å². The van der Waals surface area contributed by atoms with Gasteiger partial charge in [-0.05, 0) is 42.7 Å². The van der Waals surface area contributed by atoms with Crippen molar-refractivity contribution in [2.24, 2.45) is 5.10 Å². The van der Waals surface area contributed by atoms with Crippen LogP contribution < -0.4 is 15.0 Å². The van der Waals surface area contributed by atoms with Crippen LogP contribution in [-0.4, -0.2) is 38.7 Å². The van der Waals surface area contributed by atoms with Crippen molar-refractivity contribution in [2.45, 2.75) is 27.2 Å². The molecule has 2 aromatic carbocycles. The molecule has 0 atom stereocenters. The Labute approximate surface area is 177 Å². The third-order valence-corrected chi connectivity index (χ3v) is 5.43. The summed E-state index contributed by atoms with van der Waals surface area (Å²) in [5, 5.41) is 6.74. The van der Waals surface area contributed by atoms with Crippen molar-refractivity contribution in [1.82, 2.24) is 5.43 Å². The van der Waals surface area contributed by atoms with Gasteiger partial charge >= 0.3 is 0 Å². The van der Waals surface area contributed by atoms with E-state index in [0.717, 1.165) is 21.7 Å². The van der Waals surface area contributed by atoms with Gasteiger partial charge in [0.25, 0.3) is 5.91 Å². The van der Waals surface area contributed by atoms with Gasteiger partial charge in [0, 0.05) is 12.6 Å². The van der Waals surface area contributed by atoms with Crippen molar-refractivity contribution >= 4 is 38.9 Å². The molecule has 9 heteroatoms. The Morgan fingerprint density at radius 3 is 2.23 bits per heavy atom. The van der Waals surface area contributed by atoms with Crippen molar-refractivity contribution in [2.75, 3.05) is 22.4 Å². The van der Waals surface area contributed by atoms with Crippen LogP contribution in [0.4, 0.5) is 11.4 Å². The van der Waals surface area contributed by atoms with Gasteiger partial charge in [0.15, 0.2) is 0 Å². The number of hydrogen-bond donors (Lipinski definition) is 2. The number of hydrazone groups is 1. The first-order chi connectivity index (χ1) is 14.1. The van der Waals surface area contributed by atoms with Gasteiger partial charge in [-0.1, -0.05) is 37.3 Å². The lowest BCUT2D eigenvalue weighted by Gasteiger charge is -2.23. The summed E-state index contributed by atoms with van der Waals surface area (Å²) in [4.78, 5) is 23.5. The number of nitrogens with one attached hydrogen (secondary N) is 2. The average molecular weight is 431 g/mol. The van der Waals surface area contributed by atoms with Gasteiger partial charge in [0.2, 0.25) is 15.9 Å². The highest BCUT2D eigenvalue weighted by molar-refractivity contribution is 7.92. The number of sulfonamides is 1. The Morgan fingerprint density at radius 1 is 1.03 bits per heavy atom. The molecule has 0 aliphatic carbocycles. The number of hydrogen-bond acceptors (Lipinski definition) is 5. The van der Waals surface area contributed by atoms with Gasteiger partial charge in [-0.2, -0.15) is 5.10 Å². The first-order valence-electron chi connectivity index (χ1n) is 9.38. The van der Waals surface area contributed by atoms with Crippen LogP contribution >= 0.6 is 0 Å². The molecule has 0 aromatic heterocycles. The Balaban J connectivity index is 2.12. The van der Waals surface area contributed by atoms with Crippen molar-refractivity contribution in [3.63, 3.8) is 0 Å². The van der Waals surface area contributed by atoms with Crippen molar-refractivity contribution in [1.29, 1.82) is 0 Å². The van der Waals surface area contributed by atoms with Crippen LogP contribution in [-0.2, 0) is 26.0 Å². The van der Waals surface area contributed by atoms with E-state index in [1.807, 2.05) is 19.1 Å². The molecule has 30 heavy (non-hydrogen) atoms. The molecule has 0 radical (unpaired) electrons. The Kier molecular flexibility index (Phi) is 7.71. The molecule has 8 nitrogen and oxygen atoms in total. The lowest BCUT2D eigenvalue weighted by atomic mass is 10.1. The predicted octanol–water partition coefficient (Wildman–Crippen LogP) is 2.51. The molecule has 0 aliphatic heterocycles. The van der Waals surface area contributed by atoms with E-state index >= 15 is 0 Å². The number of rotatable bonds is 8. The summed E-state index contributed by atoms with van der Waals surface area (Å²) < 4.78 is 25.6. The molecule has 0 saturated heterocycles. The van der Waals surface area contributed by atoms with E-state index in [1.54, 1.807) is 43.3 Å². The summed E-state index contributed by atoms with van der Waals surface area (Å²) in [7, 11) is -3.66. The van der Waals surface area contributed by atoms with Crippen molar-refractivity contribution in [3.05, 3.63) is 59.7 Å². The van der Waals surface area contributed by atoms with Crippen LogP contribution in [0, 0.1) is 0 Å². The first kappa shape index (κ1) is 23.1. The molecule has 2 amide bonds. The zero-order valence-corrected chi connectivity index (χ0v) is 18.3. The fourth-order valence-corrected chi connectivity index (χ4v) is 3.70. The van der Waals surface area contributed by atoms with Gasteiger partial charge in [-0.15, -0.1) is 0 Å². The fourth-order valence-electron chi connectivity index (χ4n) is 2.81. The SMILES string of the molecule is CCc1ccccc1N(CC(=O)N/N=C(/C)c1ccc(NC(C)=O)cc1)S(C)(=O)=O. The smallest absolute Gasteiger partial charge is 0.260 e. The average Bonchev–Trinajstić information content (AvgIpc) is 2.69. The van der Waals surface area contributed by atoms with Gasteiger partial charge in [0.1, 0.15) is 6.54 Å². The van der Waals surface area contributed by atoms with E-state index in [9.17, 15) is 18.0 Å². The maximum absolute atomic E-state index is 12.4. The highest BCUT2D eigenvalue weighted by Gasteiger charge is 2.22. The number of para-hydroxylation sites is 1. The zero-order valence-electron chi connectivity index (χ0n) is 17.5. The molecule has 0 spiro atoms. The van der Waals surface area contributed by atoms with Crippen LogP contribution in [0.2, 0.25) is 0 Å². The van der Waals surface area contributed by atoms with Crippen LogP contribution in [0.1, 0.15) is 31.9 Å². The topological polar surface area (TPSA) is 108 Å². The van der Waals surface area contributed by atoms with Gasteiger partial charge in [-0.3, -0.25) is 13.9 Å². The second-order valence-electron chi connectivity index (χ2n) is 6.74. The first-order valence-corrected chi connectivity index (χ1v) is 11.2. The maximum Gasteiger partial charge on any atom is 0.260 e. The predicted molar refractivity (Wildman–Crippen MR) is 119 cm³/mol. The van der Waals surface area contributed by atoms with E-state index in [1.165, 1.54) is 6.92 Å². The Morgan fingerprint density at radius 2 is 1.67 bits per heavy atom. The second-order valence-corrected chi connectivity index (χ2v) is 8.65. The second kappa shape index (κ2) is 10.0. The number of benzene rings is 2. The highest BCUT2D eigenvalue weighted by atomic mass is 32.2. The molecular weight excluding hydrogens is 404 g/mol. The standard InChI is InChI=1S/C21H26N4O4S/c1-5-17-8-6-7-9-20(17)25(30(4,28)29)14-21(27)24-23-15(2)18-10-12-19(13-11-18)22-16(3)26/h6-13H,5,14H2,1-4H3,(H,22,26)(H,24,27)/b23-15-. The molecule has 160 valence electrons. The number of carbonyl (C=O) groups is 2. The summed E-state index contributed by atoms with van der Waals surface area (Å²) in [5.41, 5.74) is 5.66. The summed E-state index contributed by atoms with van der Waals surface area (Å²) in [5.74, 6) is -0.721. The van der Waals surface area contributed by atoms with Gasteiger partial charge < -0.3 is 5.32 Å². The number of nitrogens with zero attached hydrogens (tertiary/aromatic N) is 2. The van der Waals surface area contributed by atoms with E-state index in [-0.39, 0.29) is 12.5 Å². The number of anilines is 2. The molecule has 2 aromatic rings. The molecule has 0 fully saturated rings.